The Morgan fingerprint density at radius 1 is 1.06 bits per heavy atom. The molecule has 0 spiro atoms. The van der Waals surface area contributed by atoms with Gasteiger partial charge in [0.05, 0.1) is 0 Å². The first-order valence-electron chi connectivity index (χ1n) is 6.16. The van der Waals surface area contributed by atoms with Gasteiger partial charge in [-0.25, -0.2) is 0 Å². The lowest BCUT2D eigenvalue weighted by atomic mass is 9.89. The van der Waals surface area contributed by atoms with Crippen molar-refractivity contribution >= 4 is 17.3 Å². The van der Waals surface area contributed by atoms with E-state index in [2.05, 4.69) is 36.7 Å². The molecular formula is C12H25N3S. The summed E-state index contributed by atoms with van der Waals surface area (Å²) in [6.07, 6.45) is 4.88. The van der Waals surface area contributed by atoms with Crippen LogP contribution >= 0.6 is 12.2 Å². The molecule has 1 aliphatic rings. The molecule has 0 amide bonds. The zero-order valence-electron chi connectivity index (χ0n) is 10.9. The van der Waals surface area contributed by atoms with Gasteiger partial charge in [0, 0.05) is 24.7 Å². The Bertz CT molecular complexity index is 227. The van der Waals surface area contributed by atoms with E-state index in [-0.39, 0.29) is 5.54 Å². The van der Waals surface area contributed by atoms with Crippen molar-refractivity contribution < 1.29 is 0 Å². The first-order valence-corrected chi connectivity index (χ1v) is 6.57. The van der Waals surface area contributed by atoms with Gasteiger partial charge in [0.15, 0.2) is 5.11 Å². The maximum absolute atomic E-state index is 5.12. The molecule has 1 aliphatic carbocycles. The summed E-state index contributed by atoms with van der Waals surface area (Å²) in [5.41, 5.74) is 0.227. The number of thiocarbonyl (C=S) groups is 1. The minimum Gasteiger partial charge on any atom is -0.366 e. The zero-order valence-corrected chi connectivity index (χ0v) is 11.7. The van der Waals surface area contributed by atoms with Crippen LogP contribution in [0.15, 0.2) is 0 Å². The van der Waals surface area contributed by atoms with Crippen LogP contribution in [-0.4, -0.2) is 29.8 Å². The predicted octanol–water partition coefficient (Wildman–Crippen LogP) is 1.78. The number of nitrogens with one attached hydrogen (secondary N) is 3. The fraction of sp³-hybridized carbons (Fsp3) is 0.917. The molecule has 0 aromatic carbocycles. The third-order valence-electron chi connectivity index (χ3n) is 2.93. The largest absolute Gasteiger partial charge is 0.366 e. The van der Waals surface area contributed by atoms with Gasteiger partial charge in [0.25, 0.3) is 0 Å². The van der Waals surface area contributed by atoms with Gasteiger partial charge in [-0.2, -0.15) is 0 Å². The molecule has 0 aliphatic heterocycles. The van der Waals surface area contributed by atoms with E-state index < -0.39 is 0 Å². The van der Waals surface area contributed by atoms with Crippen LogP contribution in [0.4, 0.5) is 0 Å². The lowest BCUT2D eigenvalue weighted by Gasteiger charge is -2.34. The van der Waals surface area contributed by atoms with E-state index in [1.807, 2.05) is 7.05 Å². The Balaban J connectivity index is 2.26. The summed E-state index contributed by atoms with van der Waals surface area (Å²) in [5.74, 6) is 0. The van der Waals surface area contributed by atoms with Gasteiger partial charge >= 0.3 is 0 Å². The number of hydrogen-bond donors (Lipinski definition) is 3. The molecule has 0 unspecified atom stereocenters. The molecule has 3 N–H and O–H groups in total. The van der Waals surface area contributed by atoms with Crippen LogP contribution in [0.25, 0.3) is 0 Å². The van der Waals surface area contributed by atoms with E-state index in [9.17, 15) is 0 Å². The van der Waals surface area contributed by atoms with Crippen molar-refractivity contribution in [1.29, 1.82) is 0 Å². The topological polar surface area (TPSA) is 36.1 Å². The maximum atomic E-state index is 5.12. The zero-order chi connectivity index (χ0) is 12.2. The van der Waals surface area contributed by atoms with E-state index >= 15 is 0 Å². The molecular weight excluding hydrogens is 218 g/mol. The molecule has 1 saturated carbocycles. The van der Waals surface area contributed by atoms with Gasteiger partial charge in [0.1, 0.15) is 0 Å². The Morgan fingerprint density at radius 3 is 2.00 bits per heavy atom. The summed E-state index contributed by atoms with van der Waals surface area (Å²) in [5, 5.41) is 10.8. The van der Waals surface area contributed by atoms with E-state index in [0.29, 0.717) is 12.1 Å². The molecule has 1 fully saturated rings. The van der Waals surface area contributed by atoms with Gasteiger partial charge in [-0.15, -0.1) is 0 Å². The van der Waals surface area contributed by atoms with Crippen molar-refractivity contribution in [3.8, 4) is 0 Å². The van der Waals surface area contributed by atoms with Gasteiger partial charge in [-0.3, -0.25) is 0 Å². The van der Waals surface area contributed by atoms with Crippen LogP contribution in [0.5, 0.6) is 0 Å². The standard InChI is InChI=1S/C12H25N3S/c1-12(2,3)15-10-7-5-9(6-8-10)14-11(16)13-4/h9-10,15H,5-8H2,1-4H3,(H2,13,14,16). The van der Waals surface area contributed by atoms with Crippen LogP contribution in [0.3, 0.4) is 0 Å². The second kappa shape index (κ2) is 5.82. The smallest absolute Gasteiger partial charge is 0.166 e. The van der Waals surface area contributed by atoms with Crippen molar-refractivity contribution in [2.75, 3.05) is 7.05 Å². The summed E-state index contributed by atoms with van der Waals surface area (Å²) >= 11 is 5.12. The summed E-state index contributed by atoms with van der Waals surface area (Å²) in [6.45, 7) is 6.69. The Hall–Kier alpha value is -0.350. The number of hydrogen-bond acceptors (Lipinski definition) is 2. The molecule has 0 radical (unpaired) electrons. The van der Waals surface area contributed by atoms with Crippen LogP contribution in [0, 0.1) is 0 Å². The highest BCUT2D eigenvalue weighted by Crippen LogP contribution is 2.20. The van der Waals surface area contributed by atoms with Crippen molar-refractivity contribution in [3.63, 3.8) is 0 Å². The Labute approximate surface area is 105 Å². The molecule has 94 valence electrons. The van der Waals surface area contributed by atoms with E-state index in [0.717, 1.165) is 5.11 Å². The predicted molar refractivity (Wildman–Crippen MR) is 73.7 cm³/mol. The molecule has 0 aromatic rings. The second-order valence-corrected chi connectivity index (χ2v) is 6.07. The molecule has 1 rings (SSSR count). The summed E-state index contributed by atoms with van der Waals surface area (Å²) < 4.78 is 0. The van der Waals surface area contributed by atoms with Gasteiger partial charge in [-0.05, 0) is 58.7 Å². The summed E-state index contributed by atoms with van der Waals surface area (Å²) in [7, 11) is 1.86. The maximum Gasteiger partial charge on any atom is 0.166 e. The normalized spacial score (nSPS) is 26.2. The summed E-state index contributed by atoms with van der Waals surface area (Å²) in [6, 6.07) is 1.22. The molecule has 0 saturated heterocycles. The lowest BCUT2D eigenvalue weighted by molar-refractivity contribution is 0.273. The lowest BCUT2D eigenvalue weighted by Crippen LogP contribution is -2.49. The van der Waals surface area contributed by atoms with Crippen molar-refractivity contribution in [2.24, 2.45) is 0 Å². The molecule has 0 atom stereocenters. The quantitative estimate of drug-likeness (QED) is 0.646. The first-order chi connectivity index (χ1) is 7.40. The highest BCUT2D eigenvalue weighted by atomic mass is 32.1. The van der Waals surface area contributed by atoms with Crippen LogP contribution in [0.2, 0.25) is 0 Å². The molecule has 0 aromatic heterocycles. The van der Waals surface area contributed by atoms with E-state index in [4.69, 9.17) is 12.2 Å². The fourth-order valence-electron chi connectivity index (χ4n) is 2.25. The van der Waals surface area contributed by atoms with Crippen molar-refractivity contribution in [2.45, 2.75) is 64.1 Å². The minimum absolute atomic E-state index is 0.227. The molecule has 16 heavy (non-hydrogen) atoms. The van der Waals surface area contributed by atoms with Crippen molar-refractivity contribution in [1.82, 2.24) is 16.0 Å². The highest BCUT2D eigenvalue weighted by molar-refractivity contribution is 7.80. The van der Waals surface area contributed by atoms with E-state index in [1.165, 1.54) is 25.7 Å². The highest BCUT2D eigenvalue weighted by Gasteiger charge is 2.24. The Morgan fingerprint density at radius 2 is 1.56 bits per heavy atom. The number of rotatable bonds is 2. The van der Waals surface area contributed by atoms with Crippen LogP contribution in [-0.2, 0) is 0 Å². The average molecular weight is 243 g/mol. The van der Waals surface area contributed by atoms with Crippen LogP contribution < -0.4 is 16.0 Å². The minimum atomic E-state index is 0.227. The Kier molecular flexibility index (Phi) is 4.99. The van der Waals surface area contributed by atoms with Gasteiger partial charge in [0.2, 0.25) is 0 Å². The summed E-state index contributed by atoms with van der Waals surface area (Å²) in [4.78, 5) is 0. The molecule has 0 heterocycles. The first kappa shape index (κ1) is 13.7. The fourth-order valence-corrected chi connectivity index (χ4v) is 2.42. The van der Waals surface area contributed by atoms with Crippen molar-refractivity contribution in [3.05, 3.63) is 0 Å². The van der Waals surface area contributed by atoms with Crippen LogP contribution in [0.1, 0.15) is 46.5 Å². The molecule has 4 heteroatoms. The third kappa shape index (κ3) is 5.12. The van der Waals surface area contributed by atoms with Gasteiger partial charge < -0.3 is 16.0 Å². The van der Waals surface area contributed by atoms with E-state index in [1.54, 1.807) is 0 Å². The monoisotopic (exact) mass is 243 g/mol. The second-order valence-electron chi connectivity index (χ2n) is 5.67. The molecule has 0 bridgehead atoms. The SMILES string of the molecule is CNC(=S)NC1CCC(NC(C)(C)C)CC1. The average Bonchev–Trinajstić information content (AvgIpc) is 2.18. The third-order valence-corrected chi connectivity index (χ3v) is 3.25. The molecule has 3 nitrogen and oxygen atoms in total. The van der Waals surface area contributed by atoms with Gasteiger partial charge in [-0.1, -0.05) is 0 Å².